The highest BCUT2D eigenvalue weighted by Gasteiger charge is 2.49. The third-order valence-electron chi connectivity index (χ3n) is 17.9. The summed E-state index contributed by atoms with van der Waals surface area (Å²) >= 11 is 2.07. The molecule has 0 spiro atoms. The van der Waals surface area contributed by atoms with E-state index in [4.69, 9.17) is 0 Å². The third kappa shape index (κ3) is 7.07. The van der Waals surface area contributed by atoms with Crippen LogP contribution in [0, 0.1) is 6.92 Å². The maximum Gasteiger partial charge on any atom is 0.264 e. The molecular formula is C67H73BN2S. The Morgan fingerprint density at radius 3 is 1.66 bits per heavy atom. The molecule has 8 aromatic rings. The lowest BCUT2D eigenvalue weighted by Gasteiger charge is -2.47. The van der Waals surface area contributed by atoms with Crippen LogP contribution in [0.5, 0.6) is 0 Å². The lowest BCUT2D eigenvalue weighted by atomic mass is 9.35. The van der Waals surface area contributed by atoms with Crippen LogP contribution in [0.3, 0.4) is 0 Å². The molecule has 12 rings (SSSR count). The molecule has 0 bridgehead atoms. The first-order valence-electron chi connectivity index (χ1n) is 26.6. The fourth-order valence-corrected chi connectivity index (χ4v) is 14.6. The molecule has 0 N–H and O–H groups in total. The Hall–Kier alpha value is -5.58. The Morgan fingerprint density at radius 1 is 0.479 bits per heavy atom. The van der Waals surface area contributed by atoms with Crippen molar-refractivity contribution in [3.63, 3.8) is 0 Å². The molecule has 1 aromatic heterocycles. The Kier molecular flexibility index (Phi) is 9.98. The van der Waals surface area contributed by atoms with E-state index in [2.05, 4.69) is 246 Å². The number of thiophene rings is 1. The molecular weight excluding hydrogens is 876 g/mol. The van der Waals surface area contributed by atoms with Crippen molar-refractivity contribution in [2.75, 3.05) is 9.80 Å². The summed E-state index contributed by atoms with van der Waals surface area (Å²) in [5.41, 5.74) is 23.4. The first kappa shape index (κ1) is 46.5. The molecule has 0 saturated carbocycles. The molecule has 0 fully saturated rings. The van der Waals surface area contributed by atoms with Gasteiger partial charge >= 0.3 is 0 Å². The summed E-state index contributed by atoms with van der Waals surface area (Å²) in [5.74, 6) is 0. The van der Waals surface area contributed by atoms with E-state index in [1.807, 2.05) is 0 Å². The van der Waals surface area contributed by atoms with Gasteiger partial charge in [-0.1, -0.05) is 164 Å². The van der Waals surface area contributed by atoms with Crippen LogP contribution in [0.25, 0.3) is 32.0 Å². The van der Waals surface area contributed by atoms with E-state index in [0.717, 1.165) is 6.42 Å². The Labute approximate surface area is 429 Å². The standard InChI is InChI=1S/C67H73BN2S/c1-40-33-56-59-57(34-40)70(54-28-25-43(63(5,6)7)35-47(54)46-22-18-20-41-19-16-17-21-45(41)46)55-38-51-50(65(10,11)30-31-66(51,12)13)37-53(55)68(59)61-60(69(56)44-26-23-42(24-27-44)62(2,3)4)48-36-49-52(39-58(48)71-61)67(14,15)32-29-64(49,8)9/h16-28,33-39H,29-32H2,1-15H3. The minimum Gasteiger partial charge on any atom is -0.311 e. The summed E-state index contributed by atoms with van der Waals surface area (Å²) in [6.45, 7) is 36.3. The van der Waals surface area contributed by atoms with Gasteiger partial charge in [0.1, 0.15) is 0 Å². The number of anilines is 6. The van der Waals surface area contributed by atoms with E-state index in [-0.39, 0.29) is 39.2 Å². The largest absolute Gasteiger partial charge is 0.311 e. The number of hydrogen-bond donors (Lipinski definition) is 0. The fraction of sp³-hybridized carbons (Fsp3) is 0.373. The lowest BCUT2D eigenvalue weighted by Crippen LogP contribution is -2.61. The van der Waals surface area contributed by atoms with Gasteiger partial charge in [-0.05, 0) is 186 Å². The minimum absolute atomic E-state index is 0.0299. The molecule has 360 valence electrons. The van der Waals surface area contributed by atoms with Crippen LogP contribution >= 0.6 is 11.3 Å². The monoisotopic (exact) mass is 949 g/mol. The molecule has 0 atom stereocenters. The zero-order valence-corrected chi connectivity index (χ0v) is 46.1. The van der Waals surface area contributed by atoms with Crippen molar-refractivity contribution in [3.05, 3.63) is 160 Å². The minimum atomic E-state index is -0.0375. The van der Waals surface area contributed by atoms with E-state index in [1.54, 1.807) is 0 Å². The predicted octanol–water partition coefficient (Wildman–Crippen LogP) is 17.4. The number of aryl methyl sites for hydroxylation is 1. The van der Waals surface area contributed by atoms with Gasteiger partial charge in [-0.3, -0.25) is 0 Å². The molecule has 3 heterocycles. The van der Waals surface area contributed by atoms with E-state index >= 15 is 0 Å². The Balaban J connectivity index is 1.23. The summed E-state index contributed by atoms with van der Waals surface area (Å²) in [5, 5.41) is 3.94. The van der Waals surface area contributed by atoms with Crippen molar-refractivity contribution < 1.29 is 0 Å². The highest BCUT2D eigenvalue weighted by atomic mass is 32.1. The van der Waals surface area contributed by atoms with Gasteiger partial charge in [0.2, 0.25) is 0 Å². The van der Waals surface area contributed by atoms with Gasteiger partial charge in [-0.15, -0.1) is 11.3 Å². The average Bonchev–Trinajstić information content (AvgIpc) is 3.68. The molecule has 0 unspecified atom stereocenters. The highest BCUT2D eigenvalue weighted by Crippen LogP contribution is 2.55. The first-order chi connectivity index (χ1) is 33.3. The maximum atomic E-state index is 2.72. The van der Waals surface area contributed by atoms with Crippen LogP contribution in [-0.4, -0.2) is 6.71 Å². The quantitative estimate of drug-likeness (QED) is 0.163. The molecule has 4 heteroatoms. The van der Waals surface area contributed by atoms with Crippen molar-refractivity contribution in [1.29, 1.82) is 0 Å². The average molecular weight is 949 g/mol. The van der Waals surface area contributed by atoms with Crippen molar-refractivity contribution >= 4 is 88.7 Å². The normalized spacial score (nSPS) is 18.2. The second-order valence-electron chi connectivity index (χ2n) is 26.8. The molecule has 0 radical (unpaired) electrons. The molecule has 7 aromatic carbocycles. The molecule has 2 nitrogen and oxygen atoms in total. The fourth-order valence-electron chi connectivity index (χ4n) is 13.2. The summed E-state index contributed by atoms with van der Waals surface area (Å²) in [6, 6.07) is 48.6. The summed E-state index contributed by atoms with van der Waals surface area (Å²) in [7, 11) is 0. The van der Waals surface area contributed by atoms with Crippen LogP contribution in [0.1, 0.15) is 162 Å². The number of nitrogens with zero attached hydrogens (tertiary/aromatic N) is 2. The van der Waals surface area contributed by atoms with Crippen molar-refractivity contribution in [1.82, 2.24) is 0 Å². The molecule has 71 heavy (non-hydrogen) atoms. The maximum absolute atomic E-state index is 2.72. The number of rotatable bonds is 3. The zero-order valence-electron chi connectivity index (χ0n) is 45.3. The van der Waals surface area contributed by atoms with Gasteiger partial charge in [0.25, 0.3) is 6.71 Å². The van der Waals surface area contributed by atoms with Gasteiger partial charge in [0.15, 0.2) is 0 Å². The molecule has 4 aliphatic rings. The number of fused-ring (bicyclic) bond motifs is 9. The third-order valence-corrected chi connectivity index (χ3v) is 19.1. The summed E-state index contributed by atoms with van der Waals surface area (Å²) in [4.78, 5) is 5.42. The summed E-state index contributed by atoms with van der Waals surface area (Å²) < 4.78 is 2.86. The van der Waals surface area contributed by atoms with E-state index in [9.17, 15) is 0 Å². The van der Waals surface area contributed by atoms with Crippen LogP contribution in [0.4, 0.5) is 34.1 Å². The molecule has 2 aliphatic heterocycles. The Bertz CT molecular complexity index is 3520. The van der Waals surface area contributed by atoms with E-state index in [0.29, 0.717) is 0 Å². The molecule has 0 saturated heterocycles. The van der Waals surface area contributed by atoms with Gasteiger partial charge < -0.3 is 9.80 Å². The van der Waals surface area contributed by atoms with Crippen LogP contribution in [0.2, 0.25) is 0 Å². The summed E-state index contributed by atoms with van der Waals surface area (Å²) in [6.07, 6.45) is 4.72. The van der Waals surface area contributed by atoms with Gasteiger partial charge in [-0.25, -0.2) is 0 Å². The second-order valence-corrected chi connectivity index (χ2v) is 27.9. The SMILES string of the molecule is Cc1cc2c3c(c1)N(c1ccc(C(C)(C)C)cc1)c1c(sc4cc5c(cc14)C(C)(C)CCC5(C)C)B3c1cc3c(cc1N2c1ccc(C(C)(C)C)cc1-c1cccc2ccccc12)C(C)(C)CCC3(C)C. The van der Waals surface area contributed by atoms with Gasteiger partial charge in [-0.2, -0.15) is 0 Å². The van der Waals surface area contributed by atoms with Crippen molar-refractivity contribution in [3.8, 4) is 11.1 Å². The topological polar surface area (TPSA) is 6.48 Å². The van der Waals surface area contributed by atoms with Gasteiger partial charge in [0.05, 0.1) is 11.4 Å². The van der Waals surface area contributed by atoms with Crippen molar-refractivity contribution in [2.45, 2.75) is 162 Å². The Morgan fingerprint density at radius 2 is 1.03 bits per heavy atom. The first-order valence-corrected chi connectivity index (χ1v) is 27.4. The zero-order chi connectivity index (χ0) is 50.1. The van der Waals surface area contributed by atoms with E-state index in [1.165, 1.54) is 140 Å². The molecule has 0 amide bonds. The predicted molar refractivity (Wildman–Crippen MR) is 311 cm³/mol. The second kappa shape index (κ2) is 15.2. The lowest BCUT2D eigenvalue weighted by molar-refractivity contribution is 0.332. The van der Waals surface area contributed by atoms with E-state index < -0.39 is 0 Å². The number of hydrogen-bond acceptors (Lipinski definition) is 3. The molecule has 2 aliphatic carbocycles. The number of benzene rings is 7. The highest BCUT2D eigenvalue weighted by molar-refractivity contribution is 7.33. The van der Waals surface area contributed by atoms with Crippen molar-refractivity contribution in [2.24, 2.45) is 0 Å². The van der Waals surface area contributed by atoms with Crippen LogP contribution in [-0.2, 0) is 32.5 Å². The van der Waals surface area contributed by atoms with Crippen LogP contribution < -0.4 is 25.5 Å². The van der Waals surface area contributed by atoms with Gasteiger partial charge in [0, 0.05) is 43.2 Å². The van der Waals surface area contributed by atoms with Crippen LogP contribution in [0.15, 0.2) is 121 Å². The smallest absolute Gasteiger partial charge is 0.264 e.